The van der Waals surface area contributed by atoms with Gasteiger partial charge in [-0.15, -0.1) is 0 Å². The Kier molecular flexibility index (Phi) is 2.34. The van der Waals surface area contributed by atoms with Crippen LogP contribution in [0.1, 0.15) is 12.8 Å². The first-order valence-electron chi connectivity index (χ1n) is 10.1. The lowest BCUT2D eigenvalue weighted by Crippen LogP contribution is -2.79. The third kappa shape index (κ3) is 1.06. The number of carbonyl (C=O) groups is 4. The van der Waals surface area contributed by atoms with Crippen molar-refractivity contribution in [3.05, 3.63) is 23.3 Å². The van der Waals surface area contributed by atoms with Gasteiger partial charge in [-0.2, -0.15) is 0 Å². The fourth-order valence-electron chi connectivity index (χ4n) is 9.80. The molecule has 8 aliphatic carbocycles. The maximum Gasteiger partial charge on any atom is 0.334 e. The number of fused-ring (bicyclic) bond motifs is 1. The molecule has 2 spiro atoms. The zero-order valence-corrected chi connectivity index (χ0v) is 15.6. The summed E-state index contributed by atoms with van der Waals surface area (Å²) < 4.78 is 10.1. The molecule has 144 valence electrons. The molecule has 6 heteroatoms. The lowest BCUT2D eigenvalue weighted by atomic mass is 9.25. The second-order valence-electron chi connectivity index (χ2n) is 9.68. The van der Waals surface area contributed by atoms with E-state index in [0.29, 0.717) is 18.3 Å². The number of ketones is 2. The summed E-state index contributed by atoms with van der Waals surface area (Å²) in [6.45, 7) is 0. The van der Waals surface area contributed by atoms with Crippen LogP contribution in [0.5, 0.6) is 0 Å². The van der Waals surface area contributed by atoms with Crippen LogP contribution in [0.2, 0.25) is 0 Å². The Hall–Kier alpha value is -2.24. The molecule has 0 aromatic heterocycles. The zero-order chi connectivity index (χ0) is 19.3. The number of allylic oxidation sites excluding steroid dienone is 2. The smallest absolute Gasteiger partial charge is 0.334 e. The fourth-order valence-corrected chi connectivity index (χ4v) is 9.80. The Morgan fingerprint density at radius 1 is 0.893 bits per heavy atom. The topological polar surface area (TPSA) is 86.7 Å². The van der Waals surface area contributed by atoms with Gasteiger partial charge in [-0.3, -0.25) is 9.59 Å². The van der Waals surface area contributed by atoms with Gasteiger partial charge in [-0.25, -0.2) is 9.59 Å². The summed E-state index contributed by atoms with van der Waals surface area (Å²) in [7, 11) is 2.57. The quantitative estimate of drug-likeness (QED) is 0.527. The number of ether oxygens (including phenoxy) is 2. The second kappa shape index (κ2) is 4.19. The maximum absolute atomic E-state index is 13.9. The zero-order valence-electron chi connectivity index (χ0n) is 15.6. The molecule has 8 rings (SSSR count). The molecule has 8 aliphatic rings. The van der Waals surface area contributed by atoms with Gasteiger partial charge >= 0.3 is 11.9 Å². The molecule has 0 N–H and O–H groups in total. The van der Waals surface area contributed by atoms with Crippen LogP contribution in [-0.4, -0.2) is 37.7 Å². The summed E-state index contributed by atoms with van der Waals surface area (Å²) in [4.78, 5) is 53.2. The molecule has 8 unspecified atom stereocenters. The van der Waals surface area contributed by atoms with Crippen LogP contribution in [0.4, 0.5) is 0 Å². The van der Waals surface area contributed by atoms with Gasteiger partial charge in [0.2, 0.25) is 0 Å². The van der Waals surface area contributed by atoms with Gasteiger partial charge in [0.25, 0.3) is 0 Å². The summed E-state index contributed by atoms with van der Waals surface area (Å²) in [5.41, 5.74) is -1.20. The van der Waals surface area contributed by atoms with Crippen LogP contribution in [0.3, 0.4) is 0 Å². The van der Waals surface area contributed by atoms with Crippen molar-refractivity contribution < 1.29 is 28.7 Å². The molecule has 6 nitrogen and oxygen atoms in total. The highest BCUT2D eigenvalue weighted by Gasteiger charge is 2.96. The van der Waals surface area contributed by atoms with Crippen molar-refractivity contribution >= 4 is 23.5 Å². The van der Waals surface area contributed by atoms with E-state index in [0.717, 1.165) is 6.42 Å². The summed E-state index contributed by atoms with van der Waals surface area (Å²) in [5, 5.41) is 0. The standard InChI is InChI=1S/C22H20O6/c1-27-19(25)14-10-3-4-11(15(14)20(26)28-2)22-17-9-5-8-7(13(9)18(22)24)6-12(23)21(10,22)16(8)17/h3-4,7-11,13,16-17H,5-6H2,1-2H3/t7?,8?,9?,10-,11+,13?,16?,17?,21?,22?/m0/s1. The second-order valence-corrected chi connectivity index (χ2v) is 9.68. The van der Waals surface area contributed by atoms with Crippen molar-refractivity contribution in [2.75, 3.05) is 14.2 Å². The summed E-state index contributed by atoms with van der Waals surface area (Å²) in [6.07, 6.45) is 5.27. The molecule has 0 heterocycles. The van der Waals surface area contributed by atoms with Gasteiger partial charge < -0.3 is 9.47 Å². The molecule has 5 saturated carbocycles. The van der Waals surface area contributed by atoms with E-state index in [4.69, 9.17) is 9.47 Å². The summed E-state index contributed by atoms with van der Waals surface area (Å²) >= 11 is 0. The minimum atomic E-state index is -0.851. The van der Waals surface area contributed by atoms with Crippen LogP contribution in [0.15, 0.2) is 23.3 Å². The predicted molar refractivity (Wildman–Crippen MR) is 92.2 cm³/mol. The fraction of sp³-hybridized carbons (Fsp3) is 0.636. The third-order valence-corrected chi connectivity index (χ3v) is 9.86. The monoisotopic (exact) mass is 380 g/mol. The number of hydrogen-bond acceptors (Lipinski definition) is 6. The Morgan fingerprint density at radius 2 is 1.46 bits per heavy atom. The number of methoxy groups -OCH3 is 2. The maximum atomic E-state index is 13.9. The van der Waals surface area contributed by atoms with Crippen LogP contribution in [0.25, 0.3) is 0 Å². The third-order valence-electron chi connectivity index (χ3n) is 9.86. The molecule has 0 saturated heterocycles. The Balaban J connectivity index is 1.59. The summed E-state index contributed by atoms with van der Waals surface area (Å²) in [6, 6.07) is 0. The first-order valence-corrected chi connectivity index (χ1v) is 10.1. The van der Waals surface area contributed by atoms with Crippen LogP contribution in [-0.2, 0) is 28.7 Å². The van der Waals surface area contributed by atoms with Crippen LogP contribution < -0.4 is 0 Å². The van der Waals surface area contributed by atoms with Crippen molar-refractivity contribution in [3.8, 4) is 0 Å². The molecule has 0 amide bonds. The van der Waals surface area contributed by atoms with E-state index in [-0.39, 0.29) is 46.4 Å². The number of rotatable bonds is 2. The van der Waals surface area contributed by atoms with Crippen LogP contribution >= 0.6 is 0 Å². The van der Waals surface area contributed by atoms with Crippen molar-refractivity contribution in [2.45, 2.75) is 12.8 Å². The molecular formula is C22H20O6. The van der Waals surface area contributed by atoms with Gasteiger partial charge in [0.05, 0.1) is 36.2 Å². The van der Waals surface area contributed by atoms with Crippen molar-refractivity contribution in [3.63, 3.8) is 0 Å². The van der Waals surface area contributed by atoms with E-state index in [9.17, 15) is 19.2 Å². The van der Waals surface area contributed by atoms with Crippen molar-refractivity contribution in [2.24, 2.45) is 58.2 Å². The first-order chi connectivity index (χ1) is 13.5. The Bertz CT molecular complexity index is 968. The Labute approximate surface area is 161 Å². The van der Waals surface area contributed by atoms with Gasteiger partial charge in [0.1, 0.15) is 11.6 Å². The lowest BCUT2D eigenvalue weighted by Gasteiger charge is -2.74. The molecule has 4 bridgehead atoms. The molecular weight excluding hydrogens is 360 g/mol. The van der Waals surface area contributed by atoms with Gasteiger partial charge in [-0.1, -0.05) is 12.2 Å². The average molecular weight is 380 g/mol. The highest BCUT2D eigenvalue weighted by atomic mass is 16.5. The predicted octanol–water partition coefficient (Wildman–Crippen LogP) is 1.10. The Morgan fingerprint density at radius 3 is 2.07 bits per heavy atom. The molecule has 0 aromatic carbocycles. The van der Waals surface area contributed by atoms with Crippen molar-refractivity contribution in [1.29, 1.82) is 0 Å². The number of hydrogen-bond donors (Lipinski definition) is 0. The van der Waals surface area contributed by atoms with E-state index in [1.165, 1.54) is 14.2 Å². The van der Waals surface area contributed by atoms with E-state index >= 15 is 0 Å². The van der Waals surface area contributed by atoms with Crippen molar-refractivity contribution in [1.82, 2.24) is 0 Å². The number of esters is 2. The highest BCUT2D eigenvalue weighted by molar-refractivity contribution is 6.12. The normalized spacial score (nSPS) is 54.9. The minimum absolute atomic E-state index is 0.0344. The summed E-state index contributed by atoms with van der Waals surface area (Å²) in [5.74, 6) is -0.726. The van der Waals surface area contributed by atoms with E-state index in [2.05, 4.69) is 0 Å². The first kappa shape index (κ1) is 15.7. The van der Waals surface area contributed by atoms with E-state index in [1.807, 2.05) is 12.2 Å². The molecule has 0 aliphatic heterocycles. The van der Waals surface area contributed by atoms with Crippen LogP contribution in [0, 0.1) is 58.2 Å². The van der Waals surface area contributed by atoms with E-state index in [1.54, 1.807) is 0 Å². The van der Waals surface area contributed by atoms with Gasteiger partial charge in [0.15, 0.2) is 0 Å². The number of Topliss-reactive ketones (excluding diaryl/α,β-unsaturated/α-hetero) is 2. The molecule has 0 aromatic rings. The highest BCUT2D eigenvalue weighted by Crippen LogP contribution is 2.92. The van der Waals surface area contributed by atoms with Gasteiger partial charge in [0, 0.05) is 24.2 Å². The molecule has 10 atom stereocenters. The number of carbonyl (C=O) groups excluding carboxylic acids is 4. The largest absolute Gasteiger partial charge is 0.466 e. The lowest BCUT2D eigenvalue weighted by molar-refractivity contribution is -0.243. The minimum Gasteiger partial charge on any atom is -0.466 e. The molecule has 28 heavy (non-hydrogen) atoms. The molecule has 5 fully saturated rings. The van der Waals surface area contributed by atoms with E-state index < -0.39 is 34.6 Å². The average Bonchev–Trinajstić information content (AvgIpc) is 3.21. The molecule has 0 radical (unpaired) electrons. The SMILES string of the molecule is COC(=O)C1=C(C(=O)OC)[C@@H]2C=C[C@H]1C13C(=O)C4C5CC(=O)C21C1C5CC4C13. The van der Waals surface area contributed by atoms with Gasteiger partial charge in [-0.05, 0) is 36.0 Å².